The molecule has 0 fully saturated rings. The van der Waals surface area contributed by atoms with Crippen LogP contribution in [0.25, 0.3) is 0 Å². The summed E-state index contributed by atoms with van der Waals surface area (Å²) in [5.41, 5.74) is -0.113. The number of benzene rings is 1. The molecule has 3 rings (SSSR count). The summed E-state index contributed by atoms with van der Waals surface area (Å²) in [5.74, 6) is -0.582. The number of alkyl halides is 3. The van der Waals surface area contributed by atoms with Crippen molar-refractivity contribution in [2.75, 3.05) is 14.2 Å². The molecule has 1 aromatic carbocycles. The molecule has 2 aromatic heterocycles. The number of carbonyl (C=O) groups is 2. The zero-order chi connectivity index (χ0) is 23.7. The summed E-state index contributed by atoms with van der Waals surface area (Å²) in [6, 6.07) is 10.2. The van der Waals surface area contributed by atoms with Crippen molar-refractivity contribution >= 4 is 23.5 Å². The molecule has 0 saturated heterocycles. The Morgan fingerprint density at radius 3 is 1.75 bits per heavy atom. The highest BCUT2D eigenvalue weighted by atomic mass is 35.5. The molecule has 32 heavy (non-hydrogen) atoms. The highest BCUT2D eigenvalue weighted by molar-refractivity contribution is 6.29. The third-order valence-corrected chi connectivity index (χ3v) is 3.93. The van der Waals surface area contributed by atoms with Gasteiger partial charge < -0.3 is 14.2 Å². The van der Waals surface area contributed by atoms with E-state index < -0.39 is 23.7 Å². The van der Waals surface area contributed by atoms with Gasteiger partial charge >= 0.3 is 18.1 Å². The molecule has 0 aliphatic rings. The molecule has 0 amide bonds. The Hall–Kier alpha value is -3.66. The van der Waals surface area contributed by atoms with E-state index in [-0.39, 0.29) is 17.2 Å². The highest BCUT2D eigenvalue weighted by Gasteiger charge is 2.30. The average Bonchev–Trinajstić information content (AvgIpc) is 2.79. The van der Waals surface area contributed by atoms with Gasteiger partial charge in [-0.15, -0.1) is 0 Å². The number of rotatable bonds is 4. The third-order valence-electron chi connectivity index (χ3n) is 3.71. The first-order valence-corrected chi connectivity index (χ1v) is 9.11. The van der Waals surface area contributed by atoms with Gasteiger partial charge in [0, 0.05) is 18.5 Å². The lowest BCUT2D eigenvalue weighted by atomic mass is 10.2. The van der Waals surface area contributed by atoms with Crippen LogP contribution in [0.3, 0.4) is 0 Å². The van der Waals surface area contributed by atoms with Gasteiger partial charge in [0.05, 0.1) is 30.9 Å². The Balaban J connectivity index is 0.000000278. The molecule has 11 heteroatoms. The predicted molar refractivity (Wildman–Crippen MR) is 108 cm³/mol. The molecular formula is C21H16ClF3N2O5. The number of aromatic nitrogens is 2. The third kappa shape index (κ3) is 7.24. The molecule has 0 aliphatic heterocycles. The monoisotopic (exact) mass is 468 g/mol. The molecule has 2 heterocycles. The quantitative estimate of drug-likeness (QED) is 0.384. The molecule has 0 aliphatic carbocycles. The van der Waals surface area contributed by atoms with E-state index >= 15 is 0 Å². The normalized spacial score (nSPS) is 10.4. The smallest absolute Gasteiger partial charge is 0.416 e. The van der Waals surface area contributed by atoms with Crippen molar-refractivity contribution in [1.29, 1.82) is 0 Å². The second-order valence-corrected chi connectivity index (χ2v) is 6.25. The number of methoxy groups -OCH3 is 2. The number of pyridine rings is 2. The lowest BCUT2D eigenvalue weighted by molar-refractivity contribution is -0.137. The van der Waals surface area contributed by atoms with Crippen LogP contribution in [0.4, 0.5) is 13.2 Å². The van der Waals surface area contributed by atoms with Crippen molar-refractivity contribution in [3.05, 3.63) is 82.8 Å². The summed E-state index contributed by atoms with van der Waals surface area (Å²) < 4.78 is 51.5. The maximum absolute atomic E-state index is 12.4. The first kappa shape index (κ1) is 24.6. The van der Waals surface area contributed by atoms with E-state index in [4.69, 9.17) is 16.3 Å². The minimum absolute atomic E-state index is 0.155. The van der Waals surface area contributed by atoms with Crippen LogP contribution in [0.1, 0.15) is 26.3 Å². The maximum Gasteiger partial charge on any atom is 0.416 e. The lowest BCUT2D eigenvalue weighted by Gasteiger charge is -2.08. The van der Waals surface area contributed by atoms with Crippen LogP contribution in [-0.2, 0) is 15.7 Å². The Kier molecular flexibility index (Phi) is 8.54. The predicted octanol–water partition coefficient (Wildman–Crippen LogP) is 5.20. The van der Waals surface area contributed by atoms with Crippen molar-refractivity contribution < 1.29 is 37.0 Å². The summed E-state index contributed by atoms with van der Waals surface area (Å²) in [6.45, 7) is 0. The fraction of sp³-hybridized carbons (Fsp3) is 0.143. The van der Waals surface area contributed by atoms with Gasteiger partial charge in [-0.2, -0.15) is 13.2 Å². The van der Waals surface area contributed by atoms with Crippen LogP contribution >= 0.6 is 11.6 Å². The van der Waals surface area contributed by atoms with Gasteiger partial charge in [0.1, 0.15) is 10.9 Å². The van der Waals surface area contributed by atoms with E-state index in [1.54, 1.807) is 6.07 Å². The van der Waals surface area contributed by atoms with Crippen molar-refractivity contribution in [1.82, 2.24) is 9.97 Å². The van der Waals surface area contributed by atoms with E-state index in [2.05, 4.69) is 19.4 Å². The summed E-state index contributed by atoms with van der Waals surface area (Å²) in [4.78, 5) is 29.6. The molecular weight excluding hydrogens is 453 g/mol. The number of nitrogens with zero attached hydrogens (tertiary/aromatic N) is 2. The first-order chi connectivity index (χ1) is 15.1. The van der Waals surface area contributed by atoms with Crippen LogP contribution in [0, 0.1) is 0 Å². The minimum Gasteiger partial charge on any atom is -0.465 e. The number of carbonyl (C=O) groups excluding carboxylic acids is 2. The average molecular weight is 469 g/mol. The summed E-state index contributed by atoms with van der Waals surface area (Å²) in [7, 11) is 2.56. The lowest BCUT2D eigenvalue weighted by Crippen LogP contribution is -2.04. The van der Waals surface area contributed by atoms with Gasteiger partial charge in [0.15, 0.2) is 0 Å². The van der Waals surface area contributed by atoms with Gasteiger partial charge in [-0.25, -0.2) is 19.6 Å². The number of hydrogen-bond acceptors (Lipinski definition) is 7. The number of ether oxygens (including phenoxy) is 3. The summed E-state index contributed by atoms with van der Waals surface area (Å²) in [5, 5.41) is 0.359. The standard InChI is InChI=1S/C14H10F3NO3.C7H6ClNO2/c1-20-13(19)9-2-7-12(18-8-9)21-11-5-3-10(4-6-11)14(15,16)17;1-11-7(10)5-2-3-6(8)9-4-5/h2-8H,1H3;2-4H,1H3. The Labute approximate surface area is 185 Å². The maximum atomic E-state index is 12.4. The minimum atomic E-state index is -4.39. The molecule has 0 N–H and O–H groups in total. The van der Waals surface area contributed by atoms with Crippen LogP contribution in [-0.4, -0.2) is 36.1 Å². The molecule has 168 valence electrons. The Morgan fingerprint density at radius 1 is 0.812 bits per heavy atom. The van der Waals surface area contributed by atoms with Crippen LogP contribution in [0.5, 0.6) is 11.6 Å². The first-order valence-electron chi connectivity index (χ1n) is 8.73. The molecule has 0 atom stereocenters. The second kappa shape index (κ2) is 11.1. The fourth-order valence-corrected chi connectivity index (χ4v) is 2.24. The molecule has 0 spiro atoms. The van der Waals surface area contributed by atoms with Crippen molar-refractivity contribution in [3.63, 3.8) is 0 Å². The zero-order valence-electron chi connectivity index (χ0n) is 16.7. The van der Waals surface area contributed by atoms with Gasteiger partial charge in [-0.3, -0.25) is 0 Å². The largest absolute Gasteiger partial charge is 0.465 e. The fourth-order valence-electron chi connectivity index (χ4n) is 2.13. The molecule has 0 bridgehead atoms. The van der Waals surface area contributed by atoms with Crippen LogP contribution < -0.4 is 4.74 Å². The molecule has 0 saturated carbocycles. The molecule has 7 nitrogen and oxygen atoms in total. The number of hydrogen-bond donors (Lipinski definition) is 0. The molecule has 0 radical (unpaired) electrons. The summed E-state index contributed by atoms with van der Waals surface area (Å²) in [6.07, 6.45) is -1.77. The van der Waals surface area contributed by atoms with Gasteiger partial charge in [-0.05, 0) is 42.5 Å². The van der Waals surface area contributed by atoms with Crippen molar-refractivity contribution in [2.45, 2.75) is 6.18 Å². The van der Waals surface area contributed by atoms with Crippen LogP contribution in [0.15, 0.2) is 60.9 Å². The van der Waals surface area contributed by atoms with Crippen molar-refractivity contribution in [3.8, 4) is 11.6 Å². The number of halogens is 4. The topological polar surface area (TPSA) is 87.6 Å². The van der Waals surface area contributed by atoms with Gasteiger partial charge in [0.25, 0.3) is 0 Å². The molecule has 0 unspecified atom stereocenters. The van der Waals surface area contributed by atoms with E-state index in [1.807, 2.05) is 0 Å². The van der Waals surface area contributed by atoms with E-state index in [0.29, 0.717) is 10.7 Å². The zero-order valence-corrected chi connectivity index (χ0v) is 17.5. The van der Waals surface area contributed by atoms with E-state index in [0.717, 1.165) is 12.1 Å². The highest BCUT2D eigenvalue weighted by Crippen LogP contribution is 2.31. The van der Waals surface area contributed by atoms with E-state index in [9.17, 15) is 22.8 Å². The van der Waals surface area contributed by atoms with Crippen molar-refractivity contribution in [2.24, 2.45) is 0 Å². The Bertz CT molecular complexity index is 1040. The van der Waals surface area contributed by atoms with E-state index in [1.165, 1.54) is 56.9 Å². The SMILES string of the molecule is COC(=O)c1ccc(Cl)nc1.COC(=O)c1ccc(Oc2ccc(C(F)(F)F)cc2)nc1. The van der Waals surface area contributed by atoms with Gasteiger partial charge in [0.2, 0.25) is 5.88 Å². The second-order valence-electron chi connectivity index (χ2n) is 5.86. The van der Waals surface area contributed by atoms with Gasteiger partial charge in [-0.1, -0.05) is 11.6 Å². The Morgan fingerprint density at radius 2 is 1.34 bits per heavy atom. The van der Waals surface area contributed by atoms with Crippen LogP contribution in [0.2, 0.25) is 5.15 Å². The molecule has 3 aromatic rings. The number of esters is 2. The summed E-state index contributed by atoms with van der Waals surface area (Å²) >= 11 is 5.50.